The summed E-state index contributed by atoms with van der Waals surface area (Å²) in [7, 11) is 0. The van der Waals surface area contributed by atoms with Gasteiger partial charge in [-0.3, -0.25) is 0 Å². The average Bonchev–Trinajstić information content (AvgIpc) is 2.52. The number of nitrogens with one attached hydrogen (secondary N) is 1. The summed E-state index contributed by atoms with van der Waals surface area (Å²) in [4.78, 5) is 0. The van der Waals surface area contributed by atoms with Gasteiger partial charge in [-0.1, -0.05) is 0 Å². The molecule has 0 fully saturated rings. The molecular weight excluding hydrogens is 294 g/mol. The number of hydrogen-bond acceptors (Lipinski definition) is 8. The Morgan fingerprint density at radius 2 is 1.68 bits per heavy atom. The molecule has 0 saturated carbocycles. The van der Waals surface area contributed by atoms with Gasteiger partial charge in [0.1, 0.15) is 24.4 Å². The van der Waals surface area contributed by atoms with Crippen molar-refractivity contribution >= 4 is 0 Å². The third-order valence-electron chi connectivity index (χ3n) is 3.95. The van der Waals surface area contributed by atoms with Gasteiger partial charge in [0.15, 0.2) is 11.5 Å². The van der Waals surface area contributed by atoms with E-state index in [0.29, 0.717) is 24.1 Å². The molecule has 0 saturated heterocycles. The van der Waals surface area contributed by atoms with Gasteiger partial charge >= 0.3 is 0 Å². The van der Waals surface area contributed by atoms with Gasteiger partial charge in [0, 0.05) is 0 Å². The SMILES string of the molecule is OC[C@@H](O)[C@@H](O)[C@H](O)[C@@H](O)[C@H]1NCCc2cc(O)c(O)cc21. The number of fused-ring (bicyclic) bond motifs is 1. The second-order valence-corrected chi connectivity index (χ2v) is 5.44. The van der Waals surface area contributed by atoms with Crippen molar-refractivity contribution in [3.05, 3.63) is 23.3 Å². The van der Waals surface area contributed by atoms with E-state index in [1.165, 1.54) is 12.1 Å². The fourth-order valence-corrected chi connectivity index (χ4v) is 2.65. The summed E-state index contributed by atoms with van der Waals surface area (Å²) >= 11 is 0. The number of phenols is 2. The Morgan fingerprint density at radius 3 is 2.32 bits per heavy atom. The Bertz CT molecular complexity index is 524. The van der Waals surface area contributed by atoms with Crippen LogP contribution in [0.3, 0.4) is 0 Å². The topological polar surface area (TPSA) is 154 Å². The quantitative estimate of drug-likeness (QED) is 0.283. The molecule has 2 rings (SSSR count). The molecule has 1 aromatic rings. The van der Waals surface area contributed by atoms with Crippen molar-refractivity contribution in [3.8, 4) is 11.5 Å². The van der Waals surface area contributed by atoms with E-state index in [1.807, 2.05) is 0 Å². The Hall–Kier alpha value is -1.42. The van der Waals surface area contributed by atoms with Crippen molar-refractivity contribution in [2.24, 2.45) is 0 Å². The van der Waals surface area contributed by atoms with E-state index in [2.05, 4.69) is 5.32 Å². The molecule has 0 spiro atoms. The normalized spacial score (nSPS) is 23.4. The molecule has 8 heteroatoms. The predicted molar refractivity (Wildman–Crippen MR) is 75.3 cm³/mol. The minimum Gasteiger partial charge on any atom is -0.504 e. The zero-order valence-corrected chi connectivity index (χ0v) is 11.8. The molecule has 0 aliphatic carbocycles. The van der Waals surface area contributed by atoms with Crippen LogP contribution < -0.4 is 5.32 Å². The number of benzene rings is 1. The van der Waals surface area contributed by atoms with Gasteiger partial charge < -0.3 is 41.1 Å². The lowest BCUT2D eigenvalue weighted by molar-refractivity contribution is -0.122. The first-order valence-electron chi connectivity index (χ1n) is 6.98. The van der Waals surface area contributed by atoms with E-state index >= 15 is 0 Å². The third-order valence-corrected chi connectivity index (χ3v) is 3.95. The fourth-order valence-electron chi connectivity index (χ4n) is 2.65. The standard InChI is InChI=1S/C14H21NO7/c16-5-10(19)12(20)14(22)13(21)11-7-4-9(18)8(17)3-6(7)1-2-15-11/h3-4,10-22H,1-2,5H2/t10-,11+,12-,13+,14+/m1/s1. The summed E-state index contributed by atoms with van der Waals surface area (Å²) in [5.74, 6) is -0.629. The second-order valence-electron chi connectivity index (χ2n) is 5.44. The Morgan fingerprint density at radius 1 is 1.05 bits per heavy atom. The molecule has 1 aliphatic rings. The van der Waals surface area contributed by atoms with Crippen LogP contribution in [0.1, 0.15) is 17.2 Å². The number of phenolic OH excluding ortho intramolecular Hbond substituents is 2. The van der Waals surface area contributed by atoms with E-state index in [0.717, 1.165) is 0 Å². The molecule has 1 aromatic carbocycles. The fraction of sp³-hybridized carbons (Fsp3) is 0.571. The first kappa shape index (κ1) is 16.9. The zero-order valence-electron chi connectivity index (χ0n) is 11.8. The number of aliphatic hydroxyl groups excluding tert-OH is 5. The van der Waals surface area contributed by atoms with Crippen molar-refractivity contribution in [2.75, 3.05) is 13.2 Å². The van der Waals surface area contributed by atoms with Gasteiger partial charge in [-0.25, -0.2) is 0 Å². The summed E-state index contributed by atoms with van der Waals surface area (Å²) in [5, 5.41) is 70.1. The molecule has 8 N–H and O–H groups in total. The van der Waals surface area contributed by atoms with E-state index in [-0.39, 0.29) is 11.5 Å². The average molecular weight is 315 g/mol. The predicted octanol–water partition coefficient (Wildman–Crippen LogP) is -2.28. The second kappa shape index (κ2) is 6.78. The lowest BCUT2D eigenvalue weighted by Crippen LogP contribution is -2.51. The van der Waals surface area contributed by atoms with Crippen LogP contribution in [-0.2, 0) is 6.42 Å². The summed E-state index contributed by atoms with van der Waals surface area (Å²) in [6, 6.07) is 1.87. The van der Waals surface area contributed by atoms with E-state index in [9.17, 15) is 30.6 Å². The molecule has 22 heavy (non-hydrogen) atoms. The maximum absolute atomic E-state index is 10.3. The highest BCUT2D eigenvalue weighted by Gasteiger charge is 2.37. The van der Waals surface area contributed by atoms with Crippen LogP contribution in [-0.4, -0.2) is 73.3 Å². The van der Waals surface area contributed by atoms with Crippen LogP contribution in [0.15, 0.2) is 12.1 Å². The molecule has 0 radical (unpaired) electrons. The van der Waals surface area contributed by atoms with Gasteiger partial charge in [-0.15, -0.1) is 0 Å². The Labute approximate surface area is 126 Å². The highest BCUT2D eigenvalue weighted by atomic mass is 16.4. The largest absolute Gasteiger partial charge is 0.504 e. The molecule has 124 valence electrons. The van der Waals surface area contributed by atoms with Crippen LogP contribution in [0.5, 0.6) is 11.5 Å². The maximum atomic E-state index is 10.3. The third kappa shape index (κ3) is 3.17. The lowest BCUT2D eigenvalue weighted by atomic mass is 9.87. The van der Waals surface area contributed by atoms with Gasteiger partial charge in [-0.2, -0.15) is 0 Å². The van der Waals surface area contributed by atoms with Crippen molar-refractivity contribution < 1.29 is 35.7 Å². The first-order chi connectivity index (χ1) is 10.4. The van der Waals surface area contributed by atoms with Crippen molar-refractivity contribution in [1.29, 1.82) is 0 Å². The van der Waals surface area contributed by atoms with Gasteiger partial charge in [-0.05, 0) is 36.2 Å². The number of rotatable bonds is 5. The summed E-state index contributed by atoms with van der Waals surface area (Å²) in [6.07, 6.45) is -5.94. The van der Waals surface area contributed by atoms with Crippen molar-refractivity contribution in [1.82, 2.24) is 5.32 Å². The maximum Gasteiger partial charge on any atom is 0.157 e. The summed E-state index contributed by atoms with van der Waals surface area (Å²) < 4.78 is 0. The van der Waals surface area contributed by atoms with Crippen LogP contribution in [0.4, 0.5) is 0 Å². The molecule has 0 aromatic heterocycles. The monoisotopic (exact) mass is 315 g/mol. The smallest absolute Gasteiger partial charge is 0.157 e. The van der Waals surface area contributed by atoms with Crippen LogP contribution >= 0.6 is 0 Å². The zero-order chi connectivity index (χ0) is 16.4. The molecule has 5 atom stereocenters. The van der Waals surface area contributed by atoms with E-state index in [4.69, 9.17) is 5.11 Å². The highest BCUT2D eigenvalue weighted by Crippen LogP contribution is 2.35. The van der Waals surface area contributed by atoms with Crippen LogP contribution in [0.2, 0.25) is 0 Å². The minimum absolute atomic E-state index is 0.273. The number of hydrogen-bond donors (Lipinski definition) is 8. The molecule has 0 bridgehead atoms. The molecule has 0 unspecified atom stereocenters. The number of aromatic hydroxyl groups is 2. The van der Waals surface area contributed by atoms with Crippen molar-refractivity contribution in [2.45, 2.75) is 36.9 Å². The minimum atomic E-state index is -1.72. The van der Waals surface area contributed by atoms with Crippen LogP contribution in [0.25, 0.3) is 0 Å². The highest BCUT2D eigenvalue weighted by molar-refractivity contribution is 5.48. The molecule has 0 amide bonds. The molecule has 1 aliphatic heterocycles. The van der Waals surface area contributed by atoms with Gasteiger partial charge in [0.25, 0.3) is 0 Å². The van der Waals surface area contributed by atoms with E-state index in [1.54, 1.807) is 0 Å². The molecular formula is C14H21NO7. The van der Waals surface area contributed by atoms with Crippen LogP contribution in [0, 0.1) is 0 Å². The van der Waals surface area contributed by atoms with Gasteiger partial charge in [0.05, 0.1) is 12.6 Å². The number of aliphatic hydroxyl groups is 5. The Balaban J connectivity index is 2.25. The molecule has 1 heterocycles. The summed E-state index contributed by atoms with van der Waals surface area (Å²) in [6.45, 7) is -0.293. The first-order valence-corrected chi connectivity index (χ1v) is 6.98. The molecule has 8 nitrogen and oxygen atoms in total. The van der Waals surface area contributed by atoms with E-state index < -0.39 is 37.1 Å². The summed E-state index contributed by atoms with van der Waals surface area (Å²) in [5.41, 5.74) is 1.18. The van der Waals surface area contributed by atoms with Gasteiger partial charge in [0.2, 0.25) is 0 Å². The Kier molecular flexibility index (Phi) is 5.22. The lowest BCUT2D eigenvalue weighted by Gasteiger charge is -2.35. The van der Waals surface area contributed by atoms with Crippen molar-refractivity contribution in [3.63, 3.8) is 0 Å².